The first-order valence-electron chi connectivity index (χ1n) is 5.28. The van der Waals surface area contributed by atoms with Crippen LogP contribution in [-0.2, 0) is 0 Å². The van der Waals surface area contributed by atoms with Gasteiger partial charge in [0.25, 0.3) is 0 Å². The van der Waals surface area contributed by atoms with E-state index in [1.54, 1.807) is 23.5 Å². The molecule has 0 aliphatic carbocycles. The van der Waals surface area contributed by atoms with E-state index in [2.05, 4.69) is 15.7 Å². The number of aromatic hydroxyl groups is 1. The van der Waals surface area contributed by atoms with E-state index in [4.69, 9.17) is 0 Å². The van der Waals surface area contributed by atoms with Crippen molar-refractivity contribution in [3.63, 3.8) is 0 Å². The van der Waals surface area contributed by atoms with Crippen LogP contribution < -0.4 is 5.32 Å². The van der Waals surface area contributed by atoms with Crippen molar-refractivity contribution >= 4 is 11.3 Å². The first-order valence-corrected chi connectivity index (χ1v) is 6.16. The first kappa shape index (κ1) is 9.81. The normalized spacial score (nSPS) is 16.0. The summed E-state index contributed by atoms with van der Waals surface area (Å²) in [6.07, 6.45) is 0. The molecule has 3 rings (SSSR count). The Morgan fingerprint density at radius 2 is 2.25 bits per heavy atom. The predicted molar refractivity (Wildman–Crippen MR) is 64.8 cm³/mol. The van der Waals surface area contributed by atoms with Crippen molar-refractivity contribution in [3.05, 3.63) is 34.7 Å². The number of nitrogens with one attached hydrogen (secondary N) is 1. The Morgan fingerprint density at radius 1 is 1.38 bits per heavy atom. The van der Waals surface area contributed by atoms with Gasteiger partial charge in [-0.05, 0) is 12.1 Å². The van der Waals surface area contributed by atoms with Crippen molar-refractivity contribution < 1.29 is 5.11 Å². The molecule has 1 aliphatic rings. The highest BCUT2D eigenvalue weighted by atomic mass is 32.1. The number of phenolic OH excluding ortho intramolecular Hbond substituents is 1. The lowest BCUT2D eigenvalue weighted by atomic mass is 10.1. The summed E-state index contributed by atoms with van der Waals surface area (Å²) in [6, 6.07) is 7.23. The van der Waals surface area contributed by atoms with Gasteiger partial charge in [-0.15, -0.1) is 11.3 Å². The fraction of sp³-hybridized carbons (Fsp3) is 0.250. The zero-order chi connectivity index (χ0) is 11.0. The standard InChI is InChI=1S/C12H12N2OS/c15-10-3-1-2-8(4-10)11-7-16-12(14-11)9-5-13-6-9/h1-4,7,9,13,15H,5-6H2. The molecule has 3 nitrogen and oxygen atoms in total. The molecular weight excluding hydrogens is 220 g/mol. The monoisotopic (exact) mass is 232 g/mol. The molecule has 2 heterocycles. The fourth-order valence-electron chi connectivity index (χ4n) is 1.74. The molecule has 16 heavy (non-hydrogen) atoms. The molecule has 1 saturated heterocycles. The number of rotatable bonds is 2. The van der Waals surface area contributed by atoms with Gasteiger partial charge >= 0.3 is 0 Å². The second-order valence-electron chi connectivity index (χ2n) is 3.98. The van der Waals surface area contributed by atoms with Gasteiger partial charge in [0.1, 0.15) is 5.75 Å². The largest absolute Gasteiger partial charge is 0.508 e. The third-order valence-electron chi connectivity index (χ3n) is 2.79. The molecule has 0 bridgehead atoms. The van der Waals surface area contributed by atoms with E-state index in [-0.39, 0.29) is 5.75 Å². The van der Waals surface area contributed by atoms with Crippen molar-refractivity contribution in [1.29, 1.82) is 0 Å². The van der Waals surface area contributed by atoms with Crippen LogP contribution in [-0.4, -0.2) is 23.2 Å². The Morgan fingerprint density at radius 3 is 2.94 bits per heavy atom. The molecule has 2 aromatic rings. The van der Waals surface area contributed by atoms with Crippen molar-refractivity contribution in [3.8, 4) is 17.0 Å². The minimum Gasteiger partial charge on any atom is -0.508 e. The number of phenols is 1. The van der Waals surface area contributed by atoms with Crippen LogP contribution in [0.25, 0.3) is 11.3 Å². The number of hydrogen-bond donors (Lipinski definition) is 2. The van der Waals surface area contributed by atoms with Gasteiger partial charge in [0.2, 0.25) is 0 Å². The number of aromatic nitrogens is 1. The fourth-order valence-corrected chi connectivity index (χ4v) is 2.67. The van der Waals surface area contributed by atoms with E-state index in [1.807, 2.05) is 12.1 Å². The summed E-state index contributed by atoms with van der Waals surface area (Å²) in [4.78, 5) is 4.61. The second kappa shape index (κ2) is 3.88. The van der Waals surface area contributed by atoms with Crippen LogP contribution in [0.1, 0.15) is 10.9 Å². The zero-order valence-corrected chi connectivity index (χ0v) is 9.50. The second-order valence-corrected chi connectivity index (χ2v) is 4.87. The number of nitrogens with zero attached hydrogens (tertiary/aromatic N) is 1. The lowest BCUT2D eigenvalue weighted by Crippen LogP contribution is -2.39. The third kappa shape index (κ3) is 1.70. The Labute approximate surface area is 97.8 Å². The van der Waals surface area contributed by atoms with Crippen molar-refractivity contribution in [2.45, 2.75) is 5.92 Å². The highest BCUT2D eigenvalue weighted by molar-refractivity contribution is 7.10. The van der Waals surface area contributed by atoms with Gasteiger partial charge in [-0.1, -0.05) is 12.1 Å². The quantitative estimate of drug-likeness (QED) is 0.834. The Bertz CT molecular complexity index is 505. The number of thiazole rings is 1. The molecule has 0 atom stereocenters. The summed E-state index contributed by atoms with van der Waals surface area (Å²) >= 11 is 1.70. The van der Waals surface area contributed by atoms with Crippen molar-refractivity contribution in [2.24, 2.45) is 0 Å². The maximum Gasteiger partial charge on any atom is 0.116 e. The Kier molecular flexibility index (Phi) is 2.38. The van der Waals surface area contributed by atoms with Gasteiger partial charge in [0.15, 0.2) is 0 Å². The van der Waals surface area contributed by atoms with Crippen LogP contribution in [0.2, 0.25) is 0 Å². The first-order chi connectivity index (χ1) is 7.83. The predicted octanol–water partition coefficient (Wildman–Crippen LogP) is 2.20. The molecule has 0 unspecified atom stereocenters. The summed E-state index contributed by atoms with van der Waals surface area (Å²) in [5.41, 5.74) is 1.94. The van der Waals surface area contributed by atoms with Crippen molar-refractivity contribution in [2.75, 3.05) is 13.1 Å². The molecule has 1 aromatic heterocycles. The van der Waals surface area contributed by atoms with Crippen LogP contribution in [0.4, 0.5) is 0 Å². The van der Waals surface area contributed by atoms with Gasteiger partial charge in [0, 0.05) is 30.0 Å². The topological polar surface area (TPSA) is 45.1 Å². The van der Waals surface area contributed by atoms with Crippen LogP contribution in [0.5, 0.6) is 5.75 Å². The van der Waals surface area contributed by atoms with E-state index in [1.165, 1.54) is 5.01 Å². The summed E-state index contributed by atoms with van der Waals surface area (Å²) in [5.74, 6) is 0.869. The SMILES string of the molecule is Oc1cccc(-c2csc(C3CNC3)n2)c1. The molecule has 82 valence electrons. The van der Waals surface area contributed by atoms with E-state index >= 15 is 0 Å². The van der Waals surface area contributed by atoms with Gasteiger partial charge in [-0.25, -0.2) is 4.98 Å². The lowest BCUT2D eigenvalue weighted by molar-refractivity contribution is 0.447. The maximum absolute atomic E-state index is 9.41. The molecule has 2 N–H and O–H groups in total. The van der Waals surface area contributed by atoms with E-state index < -0.39 is 0 Å². The van der Waals surface area contributed by atoms with Gasteiger partial charge in [0.05, 0.1) is 10.7 Å². The molecule has 0 saturated carbocycles. The third-order valence-corrected chi connectivity index (χ3v) is 3.80. The lowest BCUT2D eigenvalue weighted by Gasteiger charge is -2.24. The van der Waals surface area contributed by atoms with E-state index in [0.717, 1.165) is 24.3 Å². The van der Waals surface area contributed by atoms with Crippen LogP contribution >= 0.6 is 11.3 Å². The smallest absolute Gasteiger partial charge is 0.116 e. The Balaban J connectivity index is 1.91. The minimum absolute atomic E-state index is 0.289. The number of benzene rings is 1. The summed E-state index contributed by atoms with van der Waals surface area (Å²) in [7, 11) is 0. The van der Waals surface area contributed by atoms with Gasteiger partial charge < -0.3 is 10.4 Å². The van der Waals surface area contributed by atoms with Crippen LogP contribution in [0, 0.1) is 0 Å². The molecular formula is C12H12N2OS. The maximum atomic E-state index is 9.41. The highest BCUT2D eigenvalue weighted by Crippen LogP contribution is 2.29. The summed E-state index contributed by atoms with van der Waals surface area (Å²) in [5, 5.41) is 15.9. The minimum atomic E-state index is 0.289. The summed E-state index contributed by atoms with van der Waals surface area (Å²) < 4.78 is 0. The molecule has 0 spiro atoms. The average Bonchev–Trinajstić information content (AvgIpc) is 2.64. The average molecular weight is 232 g/mol. The van der Waals surface area contributed by atoms with Crippen molar-refractivity contribution in [1.82, 2.24) is 10.3 Å². The molecule has 0 amide bonds. The molecule has 1 fully saturated rings. The molecule has 4 heteroatoms. The molecule has 0 radical (unpaired) electrons. The van der Waals surface area contributed by atoms with Gasteiger partial charge in [-0.2, -0.15) is 0 Å². The van der Waals surface area contributed by atoms with E-state index in [9.17, 15) is 5.11 Å². The Hall–Kier alpha value is -1.39. The summed E-state index contributed by atoms with van der Waals surface area (Å²) in [6.45, 7) is 2.07. The molecule has 1 aliphatic heterocycles. The van der Waals surface area contributed by atoms with Gasteiger partial charge in [-0.3, -0.25) is 0 Å². The van der Waals surface area contributed by atoms with Crippen LogP contribution in [0.3, 0.4) is 0 Å². The highest BCUT2D eigenvalue weighted by Gasteiger charge is 2.22. The van der Waals surface area contributed by atoms with Crippen LogP contribution in [0.15, 0.2) is 29.6 Å². The zero-order valence-electron chi connectivity index (χ0n) is 8.68. The van der Waals surface area contributed by atoms with E-state index in [0.29, 0.717) is 5.92 Å². The number of hydrogen-bond acceptors (Lipinski definition) is 4. The molecule has 1 aromatic carbocycles.